The number of nitrogens with one attached hydrogen (secondary N) is 2. The van der Waals surface area contributed by atoms with Crippen LogP contribution in [-0.4, -0.2) is 30.8 Å². The van der Waals surface area contributed by atoms with Crippen molar-refractivity contribution in [2.24, 2.45) is 0 Å². The number of amides is 1. The third kappa shape index (κ3) is 5.95. The van der Waals surface area contributed by atoms with Crippen LogP contribution < -0.4 is 10.6 Å². The van der Waals surface area contributed by atoms with Crippen molar-refractivity contribution in [2.75, 3.05) is 13.1 Å². The fraction of sp³-hybridized carbons (Fsp3) is 0.917. The second kappa shape index (κ2) is 6.09. The van der Waals surface area contributed by atoms with E-state index in [0.29, 0.717) is 6.54 Å². The lowest BCUT2D eigenvalue weighted by Gasteiger charge is -2.27. The Hall–Kier alpha value is -0.770. The van der Waals surface area contributed by atoms with Crippen LogP contribution in [0.2, 0.25) is 0 Å². The van der Waals surface area contributed by atoms with Gasteiger partial charge in [-0.05, 0) is 46.6 Å². The van der Waals surface area contributed by atoms with Crippen LogP contribution in [0.4, 0.5) is 4.79 Å². The van der Waals surface area contributed by atoms with E-state index < -0.39 is 5.60 Å². The predicted octanol–water partition coefficient (Wildman–Crippen LogP) is 2.04. The van der Waals surface area contributed by atoms with E-state index in [1.807, 2.05) is 20.8 Å². The van der Waals surface area contributed by atoms with Gasteiger partial charge in [0.05, 0.1) is 0 Å². The van der Waals surface area contributed by atoms with Gasteiger partial charge in [-0.1, -0.05) is 6.42 Å². The molecule has 1 atom stereocenters. The summed E-state index contributed by atoms with van der Waals surface area (Å²) in [7, 11) is 0. The topological polar surface area (TPSA) is 50.4 Å². The first kappa shape index (κ1) is 13.3. The minimum absolute atomic E-state index is 0.311. The fourth-order valence-corrected chi connectivity index (χ4v) is 1.62. The summed E-state index contributed by atoms with van der Waals surface area (Å²) >= 11 is 0. The number of unbranched alkanes of at least 4 members (excludes halogenated alkanes) is 1. The van der Waals surface area contributed by atoms with E-state index in [4.69, 9.17) is 4.74 Å². The molecule has 1 unspecified atom stereocenters. The molecular formula is C12H24N2O2. The maximum atomic E-state index is 11.3. The molecule has 0 radical (unpaired) electrons. The summed E-state index contributed by atoms with van der Waals surface area (Å²) in [6, 6.07) is 0.724. The van der Waals surface area contributed by atoms with Gasteiger partial charge in [0.25, 0.3) is 0 Å². The summed E-state index contributed by atoms with van der Waals surface area (Å²) in [5, 5.41) is 6.13. The van der Waals surface area contributed by atoms with Gasteiger partial charge in [-0.2, -0.15) is 0 Å². The third-order valence-electron chi connectivity index (χ3n) is 2.57. The van der Waals surface area contributed by atoms with Gasteiger partial charge in [0, 0.05) is 12.6 Å². The second-order valence-electron chi connectivity index (χ2n) is 5.36. The molecule has 0 bridgehead atoms. The standard InChI is InChI=1S/C12H24N2O2/c1-12(2,3)16-11(15)14-8-5-4-6-10-7-9-13-10/h10,13H,4-9H2,1-3H3,(H,14,15). The molecule has 1 amide bonds. The molecule has 0 aromatic rings. The molecule has 4 nitrogen and oxygen atoms in total. The number of alkyl carbamates (subject to hydrolysis) is 1. The second-order valence-corrected chi connectivity index (χ2v) is 5.36. The Kier molecular flexibility index (Phi) is 5.06. The normalized spacial score (nSPS) is 20.1. The van der Waals surface area contributed by atoms with Crippen LogP contribution in [-0.2, 0) is 4.74 Å². The zero-order chi connectivity index (χ0) is 12.0. The SMILES string of the molecule is CC(C)(C)OC(=O)NCCCCC1CCN1. The zero-order valence-corrected chi connectivity index (χ0v) is 10.6. The minimum Gasteiger partial charge on any atom is -0.444 e. The van der Waals surface area contributed by atoms with E-state index in [2.05, 4.69) is 10.6 Å². The first-order chi connectivity index (χ1) is 7.47. The molecule has 1 rings (SSSR count). The number of hydrogen-bond donors (Lipinski definition) is 2. The lowest BCUT2D eigenvalue weighted by Crippen LogP contribution is -2.42. The lowest BCUT2D eigenvalue weighted by molar-refractivity contribution is 0.0527. The van der Waals surface area contributed by atoms with E-state index >= 15 is 0 Å². The maximum absolute atomic E-state index is 11.3. The largest absolute Gasteiger partial charge is 0.444 e. The van der Waals surface area contributed by atoms with Crippen molar-refractivity contribution in [3.8, 4) is 0 Å². The Bertz CT molecular complexity index is 220. The van der Waals surface area contributed by atoms with Crippen LogP contribution in [0.15, 0.2) is 0 Å². The van der Waals surface area contributed by atoms with Crippen LogP contribution in [0, 0.1) is 0 Å². The van der Waals surface area contributed by atoms with E-state index in [1.54, 1.807) is 0 Å². The van der Waals surface area contributed by atoms with Gasteiger partial charge in [-0.25, -0.2) is 4.79 Å². The van der Waals surface area contributed by atoms with Crippen molar-refractivity contribution in [2.45, 2.75) is 58.1 Å². The van der Waals surface area contributed by atoms with Gasteiger partial charge < -0.3 is 15.4 Å². The van der Waals surface area contributed by atoms with Gasteiger partial charge in [0.1, 0.15) is 5.60 Å². The predicted molar refractivity (Wildman–Crippen MR) is 64.5 cm³/mol. The molecule has 0 aromatic carbocycles. The van der Waals surface area contributed by atoms with Gasteiger partial charge in [0.15, 0.2) is 0 Å². The Balaban J connectivity index is 1.91. The quantitative estimate of drug-likeness (QED) is 0.708. The molecule has 4 heteroatoms. The molecule has 2 N–H and O–H groups in total. The molecule has 0 aliphatic carbocycles. The molecule has 1 aliphatic rings. The van der Waals surface area contributed by atoms with Crippen LogP contribution in [0.3, 0.4) is 0 Å². The molecule has 0 aromatic heterocycles. The highest BCUT2D eigenvalue weighted by molar-refractivity contribution is 5.67. The third-order valence-corrected chi connectivity index (χ3v) is 2.57. The smallest absolute Gasteiger partial charge is 0.407 e. The number of ether oxygens (including phenoxy) is 1. The summed E-state index contributed by atoms with van der Waals surface area (Å²) < 4.78 is 5.14. The molecule has 0 saturated carbocycles. The van der Waals surface area contributed by atoms with Crippen LogP contribution in [0.1, 0.15) is 46.5 Å². The fourth-order valence-electron chi connectivity index (χ4n) is 1.62. The van der Waals surface area contributed by atoms with Crippen LogP contribution in [0.5, 0.6) is 0 Å². The highest BCUT2D eigenvalue weighted by Gasteiger charge is 2.16. The molecule has 1 saturated heterocycles. The van der Waals surface area contributed by atoms with Crippen molar-refractivity contribution in [3.63, 3.8) is 0 Å². The average Bonchev–Trinajstić information content (AvgIpc) is 2.04. The molecule has 16 heavy (non-hydrogen) atoms. The number of hydrogen-bond acceptors (Lipinski definition) is 3. The van der Waals surface area contributed by atoms with E-state index in [1.165, 1.54) is 19.4 Å². The minimum atomic E-state index is -0.403. The van der Waals surface area contributed by atoms with Crippen molar-refractivity contribution in [1.82, 2.24) is 10.6 Å². The zero-order valence-electron chi connectivity index (χ0n) is 10.6. The van der Waals surface area contributed by atoms with E-state index in [-0.39, 0.29) is 6.09 Å². The van der Waals surface area contributed by atoms with Crippen molar-refractivity contribution >= 4 is 6.09 Å². The Morgan fingerprint density at radius 3 is 2.62 bits per heavy atom. The molecule has 1 aliphatic heterocycles. The molecule has 1 fully saturated rings. The summed E-state index contributed by atoms with van der Waals surface area (Å²) in [6.45, 7) is 7.49. The molecule has 94 valence electrons. The monoisotopic (exact) mass is 228 g/mol. The van der Waals surface area contributed by atoms with E-state index in [9.17, 15) is 4.79 Å². The molecular weight excluding hydrogens is 204 g/mol. The maximum Gasteiger partial charge on any atom is 0.407 e. The summed E-state index contributed by atoms with van der Waals surface area (Å²) in [5.74, 6) is 0. The molecule has 1 heterocycles. The Morgan fingerprint density at radius 1 is 1.44 bits per heavy atom. The van der Waals surface area contributed by atoms with Crippen LogP contribution in [0.25, 0.3) is 0 Å². The van der Waals surface area contributed by atoms with Gasteiger partial charge >= 0.3 is 6.09 Å². The van der Waals surface area contributed by atoms with Crippen molar-refractivity contribution in [1.29, 1.82) is 0 Å². The summed E-state index contributed by atoms with van der Waals surface area (Å²) in [6.07, 6.45) is 4.40. The van der Waals surface area contributed by atoms with Crippen molar-refractivity contribution in [3.05, 3.63) is 0 Å². The van der Waals surface area contributed by atoms with Gasteiger partial charge in [-0.3, -0.25) is 0 Å². The number of rotatable bonds is 5. The molecule has 0 spiro atoms. The van der Waals surface area contributed by atoms with Crippen molar-refractivity contribution < 1.29 is 9.53 Å². The van der Waals surface area contributed by atoms with E-state index in [0.717, 1.165) is 18.9 Å². The number of carbonyl (C=O) groups excluding carboxylic acids is 1. The Morgan fingerprint density at radius 2 is 2.12 bits per heavy atom. The van der Waals surface area contributed by atoms with Crippen LogP contribution >= 0.6 is 0 Å². The lowest BCUT2D eigenvalue weighted by atomic mass is 10.0. The highest BCUT2D eigenvalue weighted by atomic mass is 16.6. The highest BCUT2D eigenvalue weighted by Crippen LogP contribution is 2.10. The average molecular weight is 228 g/mol. The first-order valence-corrected chi connectivity index (χ1v) is 6.17. The Labute approximate surface area is 98.1 Å². The summed E-state index contributed by atoms with van der Waals surface area (Å²) in [5.41, 5.74) is -0.403. The van der Waals surface area contributed by atoms with Gasteiger partial charge in [-0.15, -0.1) is 0 Å². The summed E-state index contributed by atoms with van der Waals surface area (Å²) in [4.78, 5) is 11.3. The number of carbonyl (C=O) groups is 1. The van der Waals surface area contributed by atoms with Gasteiger partial charge in [0.2, 0.25) is 0 Å². The first-order valence-electron chi connectivity index (χ1n) is 6.17.